The summed E-state index contributed by atoms with van der Waals surface area (Å²) < 4.78 is 11.0. The molecule has 1 aliphatic heterocycles. The fourth-order valence-corrected chi connectivity index (χ4v) is 1.64. The van der Waals surface area contributed by atoms with Crippen molar-refractivity contribution < 1.29 is 19.4 Å². The molecule has 0 aromatic heterocycles. The van der Waals surface area contributed by atoms with Crippen molar-refractivity contribution in [3.8, 4) is 0 Å². The van der Waals surface area contributed by atoms with Crippen LogP contribution in [0.4, 0.5) is 0 Å². The van der Waals surface area contributed by atoms with Crippen LogP contribution < -0.4 is 0 Å². The van der Waals surface area contributed by atoms with Gasteiger partial charge in [-0.1, -0.05) is 6.92 Å². The second kappa shape index (κ2) is 3.87. The van der Waals surface area contributed by atoms with Gasteiger partial charge in [-0.15, -0.1) is 0 Å². The molecule has 82 valence electrons. The molecule has 0 saturated carbocycles. The summed E-state index contributed by atoms with van der Waals surface area (Å²) in [6.45, 7) is 7.78. The highest BCUT2D eigenvalue weighted by molar-refractivity contribution is 5.70. The van der Waals surface area contributed by atoms with Crippen molar-refractivity contribution in [1.29, 1.82) is 0 Å². The molecular formula is C10H18O4. The van der Waals surface area contributed by atoms with Crippen molar-refractivity contribution in [3.05, 3.63) is 0 Å². The van der Waals surface area contributed by atoms with Crippen LogP contribution in [0.15, 0.2) is 0 Å². The average Bonchev–Trinajstić information content (AvgIpc) is 2.08. The van der Waals surface area contributed by atoms with E-state index >= 15 is 0 Å². The minimum Gasteiger partial charge on any atom is -0.481 e. The first-order valence-corrected chi connectivity index (χ1v) is 4.88. The Hall–Kier alpha value is -0.610. The van der Waals surface area contributed by atoms with Crippen molar-refractivity contribution >= 4 is 5.97 Å². The number of hydrogen-bond donors (Lipinski definition) is 1. The van der Waals surface area contributed by atoms with Gasteiger partial charge in [0.05, 0.1) is 18.6 Å². The maximum absolute atomic E-state index is 10.8. The number of aliphatic carboxylic acids is 1. The molecule has 0 spiro atoms. The monoisotopic (exact) mass is 202 g/mol. The molecule has 0 aromatic rings. The summed E-state index contributed by atoms with van der Waals surface area (Å²) >= 11 is 0. The average molecular weight is 202 g/mol. The Morgan fingerprint density at radius 1 is 1.57 bits per heavy atom. The first-order chi connectivity index (χ1) is 6.33. The lowest BCUT2D eigenvalue weighted by atomic mass is 9.92. The van der Waals surface area contributed by atoms with Gasteiger partial charge in [0.2, 0.25) is 0 Å². The first kappa shape index (κ1) is 11.5. The van der Waals surface area contributed by atoms with Gasteiger partial charge in [-0.3, -0.25) is 4.79 Å². The predicted octanol–water partition coefficient (Wildman–Crippen LogP) is 1.49. The van der Waals surface area contributed by atoms with Gasteiger partial charge in [0.25, 0.3) is 0 Å². The van der Waals surface area contributed by atoms with E-state index < -0.39 is 17.7 Å². The molecule has 3 atom stereocenters. The third kappa shape index (κ3) is 2.45. The number of rotatable bonds is 2. The van der Waals surface area contributed by atoms with Crippen LogP contribution in [0.3, 0.4) is 0 Å². The number of ether oxygens (including phenoxy) is 2. The third-order valence-electron chi connectivity index (χ3n) is 2.56. The lowest BCUT2D eigenvalue weighted by molar-refractivity contribution is -0.298. The molecule has 0 radical (unpaired) electrons. The molecule has 1 aliphatic rings. The summed E-state index contributed by atoms with van der Waals surface area (Å²) in [5.74, 6) is -1.86. The Labute approximate surface area is 84.2 Å². The second-order valence-corrected chi connectivity index (χ2v) is 4.40. The van der Waals surface area contributed by atoms with Gasteiger partial charge < -0.3 is 14.6 Å². The zero-order valence-electron chi connectivity index (χ0n) is 9.11. The molecule has 4 heteroatoms. The van der Waals surface area contributed by atoms with Gasteiger partial charge >= 0.3 is 5.97 Å². The van der Waals surface area contributed by atoms with Crippen LogP contribution in [0.25, 0.3) is 0 Å². The quantitative estimate of drug-likeness (QED) is 0.737. The summed E-state index contributed by atoms with van der Waals surface area (Å²) in [4.78, 5) is 10.8. The molecular weight excluding hydrogens is 184 g/mol. The maximum Gasteiger partial charge on any atom is 0.308 e. The van der Waals surface area contributed by atoms with Crippen LogP contribution in [0, 0.1) is 11.8 Å². The second-order valence-electron chi connectivity index (χ2n) is 4.40. The Morgan fingerprint density at radius 3 is 2.64 bits per heavy atom. The van der Waals surface area contributed by atoms with E-state index in [1.807, 2.05) is 6.92 Å². The van der Waals surface area contributed by atoms with Gasteiger partial charge in [-0.25, -0.2) is 0 Å². The number of carbonyl (C=O) groups is 1. The summed E-state index contributed by atoms with van der Waals surface area (Å²) in [6, 6.07) is 0. The molecule has 1 fully saturated rings. The van der Waals surface area contributed by atoms with E-state index in [9.17, 15) is 4.79 Å². The molecule has 1 saturated heterocycles. The standard InChI is InChI=1S/C10H18O4/c1-6-5-13-10(3,4)14-8(6)7(2)9(11)12/h6-8H,5H2,1-4H3,(H,11,12)/t6-,7+,8-/m0/s1. The topological polar surface area (TPSA) is 55.8 Å². The smallest absolute Gasteiger partial charge is 0.308 e. The minimum absolute atomic E-state index is 0.120. The third-order valence-corrected chi connectivity index (χ3v) is 2.56. The minimum atomic E-state index is -0.820. The van der Waals surface area contributed by atoms with Gasteiger partial charge in [0.1, 0.15) is 0 Å². The van der Waals surface area contributed by atoms with Crippen molar-refractivity contribution in [2.75, 3.05) is 6.61 Å². The van der Waals surface area contributed by atoms with Gasteiger partial charge in [0.15, 0.2) is 5.79 Å². The van der Waals surface area contributed by atoms with Crippen molar-refractivity contribution in [3.63, 3.8) is 0 Å². The molecule has 1 rings (SSSR count). The Balaban J connectivity index is 2.70. The summed E-state index contributed by atoms with van der Waals surface area (Å²) in [7, 11) is 0. The zero-order chi connectivity index (χ0) is 10.9. The highest BCUT2D eigenvalue weighted by atomic mass is 16.7. The zero-order valence-corrected chi connectivity index (χ0v) is 9.11. The van der Waals surface area contributed by atoms with E-state index in [2.05, 4.69) is 0 Å². The van der Waals surface area contributed by atoms with E-state index in [-0.39, 0.29) is 12.0 Å². The summed E-state index contributed by atoms with van der Waals surface area (Å²) in [5.41, 5.74) is 0. The molecule has 1 N–H and O–H groups in total. The number of carboxylic acid groups (broad SMARTS) is 1. The molecule has 0 unspecified atom stereocenters. The van der Waals surface area contributed by atoms with Gasteiger partial charge in [0, 0.05) is 5.92 Å². The summed E-state index contributed by atoms with van der Waals surface area (Å²) in [5, 5.41) is 8.90. The van der Waals surface area contributed by atoms with Crippen LogP contribution in [0.2, 0.25) is 0 Å². The Morgan fingerprint density at radius 2 is 2.14 bits per heavy atom. The van der Waals surface area contributed by atoms with Gasteiger partial charge in [-0.05, 0) is 20.8 Å². The highest BCUT2D eigenvalue weighted by Crippen LogP contribution is 2.30. The Kier molecular flexibility index (Phi) is 3.17. The van der Waals surface area contributed by atoms with E-state index in [0.717, 1.165) is 0 Å². The van der Waals surface area contributed by atoms with Crippen molar-refractivity contribution in [2.24, 2.45) is 11.8 Å². The molecule has 1 heterocycles. The van der Waals surface area contributed by atoms with E-state index in [0.29, 0.717) is 6.61 Å². The fraction of sp³-hybridized carbons (Fsp3) is 0.900. The Bertz CT molecular complexity index is 224. The van der Waals surface area contributed by atoms with Crippen molar-refractivity contribution in [1.82, 2.24) is 0 Å². The normalized spacial score (nSPS) is 33.7. The summed E-state index contributed by atoms with van der Waals surface area (Å²) in [6.07, 6.45) is -0.267. The molecule has 0 bridgehead atoms. The van der Waals surface area contributed by atoms with Crippen LogP contribution in [-0.4, -0.2) is 29.6 Å². The lowest BCUT2D eigenvalue weighted by Gasteiger charge is -2.41. The van der Waals surface area contributed by atoms with Crippen LogP contribution in [-0.2, 0) is 14.3 Å². The fourth-order valence-electron chi connectivity index (χ4n) is 1.64. The van der Waals surface area contributed by atoms with Crippen molar-refractivity contribution in [2.45, 2.75) is 39.6 Å². The largest absolute Gasteiger partial charge is 0.481 e. The van der Waals surface area contributed by atoms with E-state index in [1.165, 1.54) is 0 Å². The predicted molar refractivity (Wildman–Crippen MR) is 50.9 cm³/mol. The maximum atomic E-state index is 10.8. The van der Waals surface area contributed by atoms with Crippen LogP contribution in [0.5, 0.6) is 0 Å². The van der Waals surface area contributed by atoms with E-state index in [1.54, 1.807) is 20.8 Å². The molecule has 0 amide bonds. The highest BCUT2D eigenvalue weighted by Gasteiger charge is 2.39. The SMILES string of the molecule is C[C@H]1COC(C)(C)O[C@@H]1[C@@H](C)C(=O)O. The molecule has 0 aliphatic carbocycles. The lowest BCUT2D eigenvalue weighted by Crippen LogP contribution is -2.48. The van der Waals surface area contributed by atoms with Gasteiger partial charge in [-0.2, -0.15) is 0 Å². The van der Waals surface area contributed by atoms with E-state index in [4.69, 9.17) is 14.6 Å². The molecule has 4 nitrogen and oxygen atoms in total. The molecule has 0 aromatic carbocycles. The number of carboxylic acids is 1. The van der Waals surface area contributed by atoms with Crippen LogP contribution in [0.1, 0.15) is 27.7 Å². The first-order valence-electron chi connectivity index (χ1n) is 4.88. The number of hydrogen-bond acceptors (Lipinski definition) is 3. The van der Waals surface area contributed by atoms with Crippen LogP contribution >= 0.6 is 0 Å². The molecule has 14 heavy (non-hydrogen) atoms.